The third-order valence-corrected chi connectivity index (χ3v) is 4.08. The summed E-state index contributed by atoms with van der Waals surface area (Å²) < 4.78 is 11.8. The Morgan fingerprint density at radius 2 is 2.05 bits per heavy atom. The van der Waals surface area contributed by atoms with Crippen LogP contribution in [0.5, 0.6) is 11.5 Å². The van der Waals surface area contributed by atoms with Gasteiger partial charge in [0.2, 0.25) is 6.79 Å². The summed E-state index contributed by atoms with van der Waals surface area (Å²) in [4.78, 5) is 0. The van der Waals surface area contributed by atoms with Crippen molar-refractivity contribution < 1.29 is 9.47 Å². The second-order valence-corrected chi connectivity index (χ2v) is 6.08. The van der Waals surface area contributed by atoms with E-state index < -0.39 is 0 Å². The van der Waals surface area contributed by atoms with Crippen LogP contribution in [-0.2, 0) is 13.0 Å². The summed E-state index contributed by atoms with van der Waals surface area (Å²) in [6, 6.07) is 12.8. The molecule has 4 heteroatoms. The van der Waals surface area contributed by atoms with Gasteiger partial charge in [0.05, 0.1) is 4.47 Å². The number of hydrogen-bond donors (Lipinski definition) is 1. The van der Waals surface area contributed by atoms with Gasteiger partial charge in [-0.05, 0) is 59.1 Å². The van der Waals surface area contributed by atoms with Crippen molar-refractivity contribution in [3.63, 3.8) is 0 Å². The van der Waals surface area contributed by atoms with Crippen molar-refractivity contribution >= 4 is 15.9 Å². The zero-order valence-electron chi connectivity index (χ0n) is 12.0. The number of fused-ring (bicyclic) bond motifs is 1. The third kappa shape index (κ3) is 3.57. The second kappa shape index (κ2) is 6.50. The smallest absolute Gasteiger partial charge is 0.231 e. The second-order valence-electron chi connectivity index (χ2n) is 5.23. The van der Waals surface area contributed by atoms with Gasteiger partial charge in [-0.2, -0.15) is 0 Å². The molecule has 0 bridgehead atoms. The van der Waals surface area contributed by atoms with Crippen LogP contribution in [0.3, 0.4) is 0 Å². The first-order valence-corrected chi connectivity index (χ1v) is 7.86. The Balaban J connectivity index is 1.53. The predicted molar refractivity (Wildman–Crippen MR) is 86.9 cm³/mol. The van der Waals surface area contributed by atoms with Crippen molar-refractivity contribution in [3.05, 3.63) is 57.6 Å². The predicted octanol–water partition coefficient (Wildman–Crippen LogP) is 3.82. The largest absolute Gasteiger partial charge is 0.454 e. The van der Waals surface area contributed by atoms with E-state index in [0.29, 0.717) is 6.79 Å². The first-order chi connectivity index (χ1) is 10.2. The highest BCUT2D eigenvalue weighted by Gasteiger charge is 2.17. The highest BCUT2D eigenvalue weighted by atomic mass is 79.9. The van der Waals surface area contributed by atoms with Gasteiger partial charge in [0.15, 0.2) is 11.5 Å². The molecule has 0 atom stereocenters. The SMILES string of the molecule is Cc1cccc(CCNCc2cc(Br)c3c(c2)OCO3)c1. The van der Waals surface area contributed by atoms with Crippen molar-refractivity contribution in [1.29, 1.82) is 0 Å². The molecule has 0 saturated heterocycles. The average Bonchev–Trinajstić information content (AvgIpc) is 2.93. The maximum absolute atomic E-state index is 5.43. The molecule has 21 heavy (non-hydrogen) atoms. The molecular formula is C17H18BrNO2. The molecule has 1 aliphatic rings. The average molecular weight is 348 g/mol. The highest BCUT2D eigenvalue weighted by molar-refractivity contribution is 9.10. The van der Waals surface area contributed by atoms with E-state index in [4.69, 9.17) is 9.47 Å². The molecule has 3 rings (SSSR count). The van der Waals surface area contributed by atoms with E-state index in [-0.39, 0.29) is 0 Å². The van der Waals surface area contributed by atoms with Gasteiger partial charge in [0, 0.05) is 6.54 Å². The van der Waals surface area contributed by atoms with Crippen LogP contribution in [0.4, 0.5) is 0 Å². The molecular weight excluding hydrogens is 330 g/mol. The van der Waals surface area contributed by atoms with Crippen LogP contribution >= 0.6 is 15.9 Å². The molecule has 0 saturated carbocycles. The van der Waals surface area contributed by atoms with Crippen LogP contribution in [0.25, 0.3) is 0 Å². The fourth-order valence-electron chi connectivity index (χ4n) is 2.46. The van der Waals surface area contributed by atoms with Gasteiger partial charge in [0.1, 0.15) is 0 Å². The van der Waals surface area contributed by atoms with Crippen molar-refractivity contribution in [2.75, 3.05) is 13.3 Å². The van der Waals surface area contributed by atoms with Crippen LogP contribution in [0.1, 0.15) is 16.7 Å². The summed E-state index contributed by atoms with van der Waals surface area (Å²) in [5.41, 5.74) is 3.87. The standard InChI is InChI=1S/C17H18BrNO2/c1-12-3-2-4-13(7-12)5-6-19-10-14-8-15(18)17-16(9-14)20-11-21-17/h2-4,7-9,19H,5-6,10-11H2,1H3. The molecule has 1 aliphatic heterocycles. The summed E-state index contributed by atoms with van der Waals surface area (Å²) in [5, 5.41) is 3.47. The molecule has 0 fully saturated rings. The molecule has 0 spiro atoms. The first-order valence-electron chi connectivity index (χ1n) is 7.06. The molecule has 0 aromatic heterocycles. The van der Waals surface area contributed by atoms with E-state index in [0.717, 1.165) is 35.5 Å². The van der Waals surface area contributed by atoms with E-state index >= 15 is 0 Å². The van der Waals surface area contributed by atoms with Gasteiger partial charge in [0.25, 0.3) is 0 Å². The Bertz CT molecular complexity index is 643. The van der Waals surface area contributed by atoms with E-state index in [9.17, 15) is 0 Å². The molecule has 0 aliphatic carbocycles. The molecule has 110 valence electrons. The Morgan fingerprint density at radius 3 is 2.90 bits per heavy atom. The Kier molecular flexibility index (Phi) is 4.46. The fourth-order valence-corrected chi connectivity index (χ4v) is 3.06. The van der Waals surface area contributed by atoms with Crippen molar-refractivity contribution in [1.82, 2.24) is 5.32 Å². The van der Waals surface area contributed by atoms with E-state index in [1.807, 2.05) is 6.07 Å². The van der Waals surface area contributed by atoms with Crippen LogP contribution in [0.15, 0.2) is 40.9 Å². The quantitative estimate of drug-likeness (QED) is 0.834. The highest BCUT2D eigenvalue weighted by Crippen LogP contribution is 2.39. The zero-order valence-corrected chi connectivity index (χ0v) is 13.6. The number of rotatable bonds is 5. The minimum absolute atomic E-state index is 0.304. The number of ether oxygens (including phenoxy) is 2. The normalized spacial score (nSPS) is 12.7. The summed E-state index contributed by atoms with van der Waals surface area (Å²) in [6.45, 7) is 4.20. The molecule has 3 nitrogen and oxygen atoms in total. The van der Waals surface area contributed by atoms with Crippen molar-refractivity contribution in [2.24, 2.45) is 0 Å². The van der Waals surface area contributed by atoms with Gasteiger partial charge in [-0.15, -0.1) is 0 Å². The lowest BCUT2D eigenvalue weighted by Crippen LogP contribution is -2.16. The Morgan fingerprint density at radius 1 is 1.14 bits per heavy atom. The van der Waals surface area contributed by atoms with E-state index in [1.54, 1.807) is 0 Å². The summed E-state index contributed by atoms with van der Waals surface area (Å²) in [6.07, 6.45) is 1.04. The van der Waals surface area contributed by atoms with Crippen molar-refractivity contribution in [3.8, 4) is 11.5 Å². The Hall–Kier alpha value is -1.52. The number of halogens is 1. The minimum atomic E-state index is 0.304. The van der Waals surface area contributed by atoms with Crippen LogP contribution in [0, 0.1) is 6.92 Å². The van der Waals surface area contributed by atoms with Gasteiger partial charge in [-0.25, -0.2) is 0 Å². The summed E-state index contributed by atoms with van der Waals surface area (Å²) in [7, 11) is 0. The number of aryl methyl sites for hydroxylation is 1. The van der Waals surface area contributed by atoms with Crippen LogP contribution in [0.2, 0.25) is 0 Å². The van der Waals surface area contributed by atoms with Gasteiger partial charge >= 0.3 is 0 Å². The molecule has 2 aromatic rings. The number of benzene rings is 2. The maximum atomic E-state index is 5.43. The topological polar surface area (TPSA) is 30.5 Å². The fraction of sp³-hybridized carbons (Fsp3) is 0.294. The minimum Gasteiger partial charge on any atom is -0.454 e. The first kappa shape index (κ1) is 14.4. The lowest BCUT2D eigenvalue weighted by Gasteiger charge is -2.08. The van der Waals surface area contributed by atoms with Crippen molar-refractivity contribution in [2.45, 2.75) is 19.9 Å². The molecule has 1 N–H and O–H groups in total. The summed E-state index contributed by atoms with van der Waals surface area (Å²) in [5.74, 6) is 1.62. The van der Waals surface area contributed by atoms with Crippen LogP contribution < -0.4 is 14.8 Å². The molecule has 1 heterocycles. The monoisotopic (exact) mass is 347 g/mol. The molecule has 0 unspecified atom stereocenters. The van der Waals surface area contributed by atoms with Gasteiger partial charge < -0.3 is 14.8 Å². The molecule has 0 amide bonds. The van der Waals surface area contributed by atoms with Gasteiger partial charge in [-0.3, -0.25) is 0 Å². The summed E-state index contributed by atoms with van der Waals surface area (Å²) >= 11 is 3.52. The Labute approximate surface area is 133 Å². The maximum Gasteiger partial charge on any atom is 0.231 e. The van der Waals surface area contributed by atoms with E-state index in [2.05, 4.69) is 58.5 Å². The number of nitrogens with one attached hydrogen (secondary N) is 1. The van der Waals surface area contributed by atoms with E-state index in [1.165, 1.54) is 16.7 Å². The zero-order chi connectivity index (χ0) is 14.7. The lowest BCUT2D eigenvalue weighted by molar-refractivity contribution is 0.173. The third-order valence-electron chi connectivity index (χ3n) is 3.49. The molecule has 2 aromatic carbocycles. The van der Waals surface area contributed by atoms with Crippen LogP contribution in [-0.4, -0.2) is 13.3 Å². The number of hydrogen-bond acceptors (Lipinski definition) is 3. The molecule has 0 radical (unpaired) electrons. The van der Waals surface area contributed by atoms with Gasteiger partial charge in [-0.1, -0.05) is 29.8 Å². The lowest BCUT2D eigenvalue weighted by atomic mass is 10.1.